The van der Waals surface area contributed by atoms with Crippen molar-refractivity contribution >= 4 is 22.8 Å². The second-order valence-corrected chi connectivity index (χ2v) is 11.9. The van der Waals surface area contributed by atoms with Gasteiger partial charge in [0, 0.05) is 50.5 Å². The molecule has 4 aromatic rings. The molecule has 0 unspecified atom stereocenters. The number of rotatable bonds is 16. The minimum atomic E-state index is 0.270. The number of likely N-dealkylation sites (tertiary alicyclic amines) is 1. The van der Waals surface area contributed by atoms with Crippen LogP contribution in [0.25, 0.3) is 11.0 Å². The lowest BCUT2D eigenvalue weighted by Crippen LogP contribution is -2.51. The van der Waals surface area contributed by atoms with E-state index in [1.807, 2.05) is 12.3 Å². The van der Waals surface area contributed by atoms with E-state index in [1.165, 1.54) is 29.5 Å². The van der Waals surface area contributed by atoms with Gasteiger partial charge in [-0.1, -0.05) is 70.0 Å². The molecule has 9 heteroatoms. The molecule has 0 spiro atoms. The molecule has 0 amide bonds. The fourth-order valence-electron chi connectivity index (χ4n) is 5.47. The van der Waals surface area contributed by atoms with Gasteiger partial charge in [-0.15, -0.1) is 0 Å². The van der Waals surface area contributed by atoms with Gasteiger partial charge in [-0.05, 0) is 35.2 Å². The fraction of sp³-hybridized carbons (Fsp3) is 0.471. The summed E-state index contributed by atoms with van der Waals surface area (Å²) in [5.41, 5.74) is 12.7. The number of ether oxygens (including phenoxy) is 2. The van der Waals surface area contributed by atoms with E-state index in [0.29, 0.717) is 19.2 Å². The van der Waals surface area contributed by atoms with E-state index in [9.17, 15) is 0 Å². The van der Waals surface area contributed by atoms with Crippen LogP contribution in [0.3, 0.4) is 0 Å². The van der Waals surface area contributed by atoms with Crippen molar-refractivity contribution in [3.63, 3.8) is 0 Å². The number of benzene rings is 2. The number of nitrogens with one attached hydrogen (secondary N) is 2. The van der Waals surface area contributed by atoms with E-state index in [0.717, 1.165) is 67.3 Å². The number of anilines is 2. The number of nitrogens with two attached hydrogens (primary N) is 1. The van der Waals surface area contributed by atoms with Crippen molar-refractivity contribution in [3.8, 4) is 5.75 Å². The van der Waals surface area contributed by atoms with Crippen LogP contribution in [-0.2, 0) is 31.0 Å². The lowest BCUT2D eigenvalue weighted by molar-refractivity contribution is -0.0658. The zero-order valence-corrected chi connectivity index (χ0v) is 26.1. The van der Waals surface area contributed by atoms with Crippen molar-refractivity contribution in [2.75, 3.05) is 37.8 Å². The number of nitrogen functional groups attached to an aromatic ring is 1. The van der Waals surface area contributed by atoms with Crippen molar-refractivity contribution < 1.29 is 9.47 Å². The Morgan fingerprint density at radius 1 is 0.977 bits per heavy atom. The third-order valence-electron chi connectivity index (χ3n) is 7.95. The molecule has 1 aliphatic heterocycles. The Morgan fingerprint density at radius 3 is 2.49 bits per heavy atom. The van der Waals surface area contributed by atoms with Gasteiger partial charge in [-0.25, -0.2) is 4.98 Å². The maximum atomic E-state index is 6.17. The molecule has 230 valence electrons. The van der Waals surface area contributed by atoms with Crippen molar-refractivity contribution in [2.45, 2.75) is 78.4 Å². The molecule has 9 nitrogen and oxygen atoms in total. The highest BCUT2D eigenvalue weighted by atomic mass is 16.5. The van der Waals surface area contributed by atoms with Crippen LogP contribution < -0.4 is 21.1 Å². The van der Waals surface area contributed by atoms with Gasteiger partial charge in [0.05, 0.1) is 31.9 Å². The second kappa shape index (κ2) is 14.7. The first kappa shape index (κ1) is 30.8. The number of aromatic nitrogens is 3. The minimum Gasteiger partial charge on any atom is -0.496 e. The largest absolute Gasteiger partial charge is 0.496 e. The van der Waals surface area contributed by atoms with Gasteiger partial charge < -0.3 is 30.4 Å². The van der Waals surface area contributed by atoms with Crippen molar-refractivity contribution in [1.82, 2.24) is 24.8 Å². The topological polar surface area (TPSA) is 102 Å². The predicted molar refractivity (Wildman–Crippen MR) is 174 cm³/mol. The van der Waals surface area contributed by atoms with Crippen molar-refractivity contribution in [2.24, 2.45) is 0 Å². The summed E-state index contributed by atoms with van der Waals surface area (Å²) >= 11 is 0. The zero-order chi connectivity index (χ0) is 30.2. The van der Waals surface area contributed by atoms with Crippen molar-refractivity contribution in [1.29, 1.82) is 0 Å². The highest BCUT2D eigenvalue weighted by Gasteiger charge is 2.27. The molecule has 1 aliphatic rings. The molecule has 3 heterocycles. The van der Waals surface area contributed by atoms with E-state index < -0.39 is 0 Å². The Morgan fingerprint density at radius 2 is 1.74 bits per heavy atom. The molecular weight excluding hydrogens is 538 g/mol. The first-order valence-electron chi connectivity index (χ1n) is 15.6. The second-order valence-electron chi connectivity index (χ2n) is 11.9. The van der Waals surface area contributed by atoms with Crippen LogP contribution in [0.5, 0.6) is 5.75 Å². The van der Waals surface area contributed by atoms with Gasteiger partial charge in [0.15, 0.2) is 5.82 Å². The molecule has 1 fully saturated rings. The lowest BCUT2D eigenvalue weighted by Gasteiger charge is -2.39. The number of nitrogens with zero attached hydrogens (tertiary/aromatic N) is 4. The van der Waals surface area contributed by atoms with E-state index in [1.54, 1.807) is 7.11 Å². The summed E-state index contributed by atoms with van der Waals surface area (Å²) in [4.78, 5) is 11.4. The van der Waals surface area contributed by atoms with Crippen LogP contribution in [0.4, 0.5) is 11.8 Å². The SMILES string of the molecule is CCCCCNc1nc(N)nc2ccn(Cc3ccc(CN4CC(OCc5ccc(CNC(C)C)cc5)C4)cc3OC)c12. The Labute approximate surface area is 255 Å². The van der Waals surface area contributed by atoms with Gasteiger partial charge in [-0.2, -0.15) is 4.98 Å². The normalized spacial score (nSPS) is 14.0. The summed E-state index contributed by atoms with van der Waals surface area (Å²) in [6.45, 7) is 12.3. The summed E-state index contributed by atoms with van der Waals surface area (Å²) in [7, 11) is 1.74. The van der Waals surface area contributed by atoms with Crippen LogP contribution in [0.15, 0.2) is 54.7 Å². The molecular formula is C34H47N7O2. The van der Waals surface area contributed by atoms with Crippen LogP contribution >= 0.6 is 0 Å². The Kier molecular flexibility index (Phi) is 10.5. The van der Waals surface area contributed by atoms with E-state index >= 15 is 0 Å². The molecule has 2 aromatic carbocycles. The maximum Gasteiger partial charge on any atom is 0.222 e. The average Bonchev–Trinajstić information content (AvgIpc) is 3.38. The molecule has 2 aromatic heterocycles. The van der Waals surface area contributed by atoms with Crippen molar-refractivity contribution in [3.05, 3.63) is 77.0 Å². The molecule has 0 saturated carbocycles. The van der Waals surface area contributed by atoms with Crippen LogP contribution in [-0.4, -0.2) is 58.3 Å². The third kappa shape index (κ3) is 8.25. The van der Waals surface area contributed by atoms with Gasteiger partial charge in [0.25, 0.3) is 0 Å². The monoisotopic (exact) mass is 585 g/mol. The van der Waals surface area contributed by atoms with Gasteiger partial charge in [0.1, 0.15) is 11.3 Å². The quantitative estimate of drug-likeness (QED) is 0.147. The molecule has 1 saturated heterocycles. The number of hydrogen-bond acceptors (Lipinski definition) is 8. The highest BCUT2D eigenvalue weighted by Crippen LogP contribution is 2.28. The molecule has 5 rings (SSSR count). The van der Waals surface area contributed by atoms with Crippen LogP contribution in [0.2, 0.25) is 0 Å². The number of fused-ring (bicyclic) bond motifs is 1. The minimum absolute atomic E-state index is 0.270. The summed E-state index contributed by atoms with van der Waals surface area (Å²) in [5.74, 6) is 1.95. The first-order chi connectivity index (χ1) is 20.9. The maximum absolute atomic E-state index is 6.17. The van der Waals surface area contributed by atoms with Gasteiger partial charge >= 0.3 is 0 Å². The third-order valence-corrected chi connectivity index (χ3v) is 7.95. The van der Waals surface area contributed by atoms with Crippen LogP contribution in [0, 0.1) is 0 Å². The molecule has 0 radical (unpaired) electrons. The number of hydrogen-bond donors (Lipinski definition) is 3. The Hall–Kier alpha value is -3.66. The highest BCUT2D eigenvalue weighted by molar-refractivity contribution is 5.87. The van der Waals surface area contributed by atoms with Gasteiger partial charge in [-0.3, -0.25) is 4.90 Å². The standard InChI is InChI=1S/C34H47N7O2/c1-5-6-7-15-36-33-32-30(38-34(35)39-33)14-16-41(32)20-28-13-12-27(17-31(28)42-4)19-40-21-29(22-40)43-23-26-10-8-25(9-11-26)18-37-24(2)3/h8-14,16-17,24,29,37H,5-7,15,18-23H2,1-4H3,(H3,35,36,38,39). The summed E-state index contributed by atoms with van der Waals surface area (Å²) in [5, 5.41) is 6.94. The molecule has 0 bridgehead atoms. The fourth-order valence-corrected chi connectivity index (χ4v) is 5.47. The molecule has 43 heavy (non-hydrogen) atoms. The number of methoxy groups -OCH3 is 1. The summed E-state index contributed by atoms with van der Waals surface area (Å²) in [6.07, 6.45) is 5.76. The molecule has 0 aliphatic carbocycles. The van der Waals surface area contributed by atoms with Crippen LogP contribution in [0.1, 0.15) is 62.3 Å². The smallest absolute Gasteiger partial charge is 0.222 e. The Balaban J connectivity index is 1.14. The lowest BCUT2D eigenvalue weighted by atomic mass is 10.1. The number of unbranched alkanes of at least 4 members (excludes halogenated alkanes) is 2. The Bertz CT molecular complexity index is 1460. The zero-order valence-electron chi connectivity index (χ0n) is 26.1. The van der Waals surface area contributed by atoms with E-state index in [2.05, 4.69) is 93.3 Å². The summed E-state index contributed by atoms with van der Waals surface area (Å²) < 4.78 is 14.2. The van der Waals surface area contributed by atoms with Gasteiger partial charge in [0.2, 0.25) is 5.95 Å². The predicted octanol–water partition coefficient (Wildman–Crippen LogP) is 5.57. The van der Waals surface area contributed by atoms with E-state index in [4.69, 9.17) is 15.2 Å². The first-order valence-corrected chi connectivity index (χ1v) is 15.6. The molecule has 0 atom stereocenters. The average molecular weight is 586 g/mol. The van der Waals surface area contributed by atoms with E-state index in [-0.39, 0.29) is 12.1 Å². The molecule has 4 N–H and O–H groups in total. The summed E-state index contributed by atoms with van der Waals surface area (Å²) in [6, 6.07) is 17.7.